The lowest BCUT2D eigenvalue weighted by atomic mass is 9.77. The van der Waals surface area contributed by atoms with Crippen LogP contribution in [0.2, 0.25) is 0 Å². The summed E-state index contributed by atoms with van der Waals surface area (Å²) in [4.78, 5) is 44.3. The molecule has 0 radical (unpaired) electrons. The highest BCUT2D eigenvalue weighted by atomic mass is 32.2. The van der Waals surface area contributed by atoms with E-state index in [0.717, 1.165) is 17.7 Å². The second-order valence-corrected chi connectivity index (χ2v) is 10.2. The molecule has 1 aromatic rings. The van der Waals surface area contributed by atoms with E-state index in [1.165, 1.54) is 42.6 Å². The van der Waals surface area contributed by atoms with E-state index >= 15 is 0 Å². The molecule has 0 aliphatic carbocycles. The molecule has 174 valence electrons. The number of imide groups is 1. The minimum absolute atomic E-state index is 0.153. The zero-order chi connectivity index (χ0) is 22.9. The Bertz CT molecular complexity index is 873. The van der Waals surface area contributed by atoms with Crippen molar-refractivity contribution in [2.75, 3.05) is 26.0 Å². The number of ether oxygens (including phenoxy) is 1. The van der Waals surface area contributed by atoms with E-state index < -0.39 is 17.4 Å². The molecular formula is C25H34N2O4S. The molecule has 0 aromatic heterocycles. The normalized spacial score (nSPS) is 29.5. The molecule has 3 unspecified atom stereocenters. The molecule has 2 amide bonds. The van der Waals surface area contributed by atoms with Gasteiger partial charge in [-0.05, 0) is 56.2 Å². The summed E-state index contributed by atoms with van der Waals surface area (Å²) in [6.07, 6.45) is 6.37. The minimum Gasteiger partial charge on any atom is -0.468 e. The fourth-order valence-corrected chi connectivity index (χ4v) is 6.96. The monoisotopic (exact) mass is 458 g/mol. The largest absolute Gasteiger partial charge is 0.468 e. The summed E-state index contributed by atoms with van der Waals surface area (Å²) in [5, 5.41) is 0. The van der Waals surface area contributed by atoms with Crippen molar-refractivity contribution in [1.82, 2.24) is 9.80 Å². The Balaban J connectivity index is 1.63. The van der Waals surface area contributed by atoms with Gasteiger partial charge in [-0.1, -0.05) is 38.3 Å². The number of rotatable bonds is 9. The first-order chi connectivity index (χ1) is 15.5. The first-order valence-electron chi connectivity index (χ1n) is 11.9. The van der Waals surface area contributed by atoms with Gasteiger partial charge in [0.25, 0.3) is 0 Å². The standard InChI is InChI=1S/C25H34N2O4S/c1-4-6-7-8-16-32-18-12-10-17(11-13-18)21-19-20(23(29)26(5-2)22(19)28)25(24(30)31-3)14-9-15-27(21)25/h10-13,19-21H,4-9,14-16H2,1-3H3/t19?,20?,21?,25-/m0/s1. The van der Waals surface area contributed by atoms with Gasteiger partial charge in [0.05, 0.1) is 18.9 Å². The first kappa shape index (κ1) is 23.3. The number of carbonyl (C=O) groups is 3. The summed E-state index contributed by atoms with van der Waals surface area (Å²) in [7, 11) is 1.38. The fraction of sp³-hybridized carbons (Fsp3) is 0.640. The van der Waals surface area contributed by atoms with Gasteiger partial charge in [0.2, 0.25) is 11.8 Å². The molecular weight excluding hydrogens is 424 g/mol. The Morgan fingerprint density at radius 3 is 2.53 bits per heavy atom. The first-order valence-corrected chi connectivity index (χ1v) is 12.9. The molecule has 6 nitrogen and oxygen atoms in total. The van der Waals surface area contributed by atoms with Crippen LogP contribution in [-0.4, -0.2) is 59.1 Å². The maximum Gasteiger partial charge on any atom is 0.327 e. The topological polar surface area (TPSA) is 66.9 Å². The van der Waals surface area contributed by atoms with Crippen molar-refractivity contribution in [2.24, 2.45) is 11.8 Å². The number of thioether (sulfide) groups is 1. The number of hydrogen-bond donors (Lipinski definition) is 0. The van der Waals surface area contributed by atoms with Gasteiger partial charge in [0.15, 0.2) is 0 Å². The average molecular weight is 459 g/mol. The lowest BCUT2D eigenvalue weighted by Crippen LogP contribution is -2.54. The van der Waals surface area contributed by atoms with Crippen molar-refractivity contribution in [1.29, 1.82) is 0 Å². The van der Waals surface area contributed by atoms with Gasteiger partial charge in [-0.25, -0.2) is 0 Å². The summed E-state index contributed by atoms with van der Waals surface area (Å²) >= 11 is 1.86. The summed E-state index contributed by atoms with van der Waals surface area (Å²) in [6.45, 7) is 5.06. The zero-order valence-electron chi connectivity index (χ0n) is 19.3. The number of unbranched alkanes of at least 4 members (excludes halogenated alkanes) is 3. The van der Waals surface area contributed by atoms with Crippen LogP contribution in [0.3, 0.4) is 0 Å². The van der Waals surface area contributed by atoms with Gasteiger partial charge in [0.1, 0.15) is 5.54 Å². The lowest BCUT2D eigenvalue weighted by Gasteiger charge is -2.36. The zero-order valence-corrected chi connectivity index (χ0v) is 20.2. The molecule has 1 aromatic carbocycles. The smallest absolute Gasteiger partial charge is 0.327 e. The van der Waals surface area contributed by atoms with Gasteiger partial charge in [-0.2, -0.15) is 0 Å². The van der Waals surface area contributed by atoms with Crippen molar-refractivity contribution >= 4 is 29.5 Å². The number of hydrogen-bond acceptors (Lipinski definition) is 6. The molecule has 7 heteroatoms. The van der Waals surface area contributed by atoms with Gasteiger partial charge < -0.3 is 4.74 Å². The fourth-order valence-electron chi connectivity index (χ4n) is 6.05. The summed E-state index contributed by atoms with van der Waals surface area (Å²) in [5.41, 5.74) is -0.0323. The molecule has 0 N–H and O–H groups in total. The molecule has 0 saturated carbocycles. The average Bonchev–Trinajstić information content (AvgIpc) is 3.42. The quantitative estimate of drug-likeness (QED) is 0.241. The number of methoxy groups -OCH3 is 1. The van der Waals surface area contributed by atoms with Crippen molar-refractivity contribution in [3.8, 4) is 0 Å². The second-order valence-electron chi connectivity index (χ2n) is 9.06. The Kier molecular flexibility index (Phi) is 6.96. The molecule has 0 spiro atoms. The van der Waals surface area contributed by atoms with E-state index in [0.29, 0.717) is 19.5 Å². The molecule has 3 aliphatic heterocycles. The Morgan fingerprint density at radius 1 is 1.12 bits per heavy atom. The predicted molar refractivity (Wildman–Crippen MR) is 124 cm³/mol. The van der Waals surface area contributed by atoms with Crippen LogP contribution in [0.4, 0.5) is 0 Å². The maximum atomic E-state index is 13.3. The molecule has 3 fully saturated rings. The lowest BCUT2D eigenvalue weighted by molar-refractivity contribution is -0.159. The van der Waals surface area contributed by atoms with Crippen molar-refractivity contribution < 1.29 is 19.1 Å². The molecule has 3 aliphatic rings. The minimum atomic E-state index is -1.03. The summed E-state index contributed by atoms with van der Waals surface area (Å²) < 4.78 is 5.21. The molecule has 4 atom stereocenters. The van der Waals surface area contributed by atoms with Crippen LogP contribution in [0.15, 0.2) is 29.2 Å². The SMILES string of the molecule is CCCCCCSc1ccc(C2C3C(=O)N(CC)C(=O)C3[C@]3(C(=O)OC)CCCN23)cc1. The summed E-state index contributed by atoms with van der Waals surface area (Å²) in [6, 6.07) is 8.10. The Labute approximate surface area is 195 Å². The third-order valence-electron chi connectivity index (χ3n) is 7.45. The van der Waals surface area contributed by atoms with Crippen molar-refractivity contribution in [3.63, 3.8) is 0 Å². The molecule has 3 saturated heterocycles. The number of amides is 2. The third kappa shape index (κ3) is 3.58. The van der Waals surface area contributed by atoms with E-state index in [1.807, 2.05) is 18.7 Å². The predicted octanol–water partition coefficient (Wildman–Crippen LogP) is 4.04. The summed E-state index contributed by atoms with van der Waals surface area (Å²) in [5.74, 6) is -0.854. The number of benzene rings is 1. The number of esters is 1. The van der Waals surface area contributed by atoms with Gasteiger partial charge in [-0.3, -0.25) is 24.2 Å². The Morgan fingerprint density at radius 2 is 1.88 bits per heavy atom. The highest BCUT2D eigenvalue weighted by molar-refractivity contribution is 7.99. The van der Waals surface area contributed by atoms with Crippen molar-refractivity contribution in [3.05, 3.63) is 29.8 Å². The van der Waals surface area contributed by atoms with Crippen LogP contribution in [0.25, 0.3) is 0 Å². The van der Waals surface area contributed by atoms with Crippen LogP contribution in [0.1, 0.15) is 64.0 Å². The number of likely N-dealkylation sites (tertiary alicyclic amines) is 1. The number of nitrogens with zero attached hydrogens (tertiary/aromatic N) is 2. The highest BCUT2D eigenvalue weighted by Gasteiger charge is 2.73. The van der Waals surface area contributed by atoms with Crippen LogP contribution >= 0.6 is 11.8 Å². The van der Waals surface area contributed by atoms with Crippen molar-refractivity contribution in [2.45, 2.75) is 68.8 Å². The molecule has 0 bridgehead atoms. The second kappa shape index (κ2) is 9.56. The highest BCUT2D eigenvalue weighted by Crippen LogP contribution is 2.59. The Hall–Kier alpha value is -1.86. The number of carbonyl (C=O) groups excluding carboxylic acids is 3. The molecule has 32 heavy (non-hydrogen) atoms. The maximum absolute atomic E-state index is 13.3. The van der Waals surface area contributed by atoms with E-state index in [2.05, 4.69) is 36.1 Å². The molecule has 4 rings (SSSR count). The molecule has 3 heterocycles. The van der Waals surface area contributed by atoms with Crippen LogP contribution in [-0.2, 0) is 19.1 Å². The van der Waals surface area contributed by atoms with E-state index in [1.54, 1.807) is 0 Å². The van der Waals surface area contributed by atoms with E-state index in [9.17, 15) is 14.4 Å². The van der Waals surface area contributed by atoms with Gasteiger partial charge >= 0.3 is 5.97 Å². The van der Waals surface area contributed by atoms with Gasteiger partial charge in [-0.15, -0.1) is 11.8 Å². The van der Waals surface area contributed by atoms with E-state index in [4.69, 9.17) is 4.74 Å². The van der Waals surface area contributed by atoms with E-state index in [-0.39, 0.29) is 23.8 Å². The number of fused-ring (bicyclic) bond motifs is 3. The third-order valence-corrected chi connectivity index (χ3v) is 8.54. The van der Waals surface area contributed by atoms with Crippen LogP contribution in [0, 0.1) is 11.8 Å². The van der Waals surface area contributed by atoms with Gasteiger partial charge in [0, 0.05) is 17.5 Å². The van der Waals surface area contributed by atoms with Crippen LogP contribution < -0.4 is 0 Å². The van der Waals surface area contributed by atoms with Crippen LogP contribution in [0.5, 0.6) is 0 Å².